The van der Waals surface area contributed by atoms with Gasteiger partial charge in [-0.05, 0) is 24.6 Å². The smallest absolute Gasteiger partial charge is 0.287 e. The van der Waals surface area contributed by atoms with E-state index in [9.17, 15) is 10.1 Å². The fourth-order valence-corrected chi connectivity index (χ4v) is 2.76. The number of nitrogens with zero attached hydrogens (tertiary/aromatic N) is 4. The summed E-state index contributed by atoms with van der Waals surface area (Å²) in [6.45, 7) is 2.98. The summed E-state index contributed by atoms with van der Waals surface area (Å²) in [5.41, 5.74) is 1.12. The number of nitro groups is 1. The third-order valence-electron chi connectivity index (χ3n) is 3.99. The molecule has 7 nitrogen and oxygen atoms in total. The number of rotatable bonds is 6. The molecule has 0 saturated carbocycles. The van der Waals surface area contributed by atoms with Crippen LogP contribution in [0.4, 0.5) is 11.5 Å². The highest BCUT2D eigenvalue weighted by Crippen LogP contribution is 2.17. The summed E-state index contributed by atoms with van der Waals surface area (Å²) in [6.07, 6.45) is 5.10. The summed E-state index contributed by atoms with van der Waals surface area (Å²) in [5, 5.41) is 14.0. The maximum absolute atomic E-state index is 10.6. The zero-order valence-corrected chi connectivity index (χ0v) is 12.8. The van der Waals surface area contributed by atoms with Crippen LogP contribution in [0.15, 0.2) is 42.7 Å². The molecule has 2 aromatic heterocycles. The van der Waals surface area contributed by atoms with E-state index in [0.717, 1.165) is 38.2 Å². The molecule has 1 N–H and O–H groups in total. The average Bonchev–Trinajstić information content (AvgIpc) is 3.02. The molecule has 3 rings (SSSR count). The third-order valence-corrected chi connectivity index (χ3v) is 3.99. The average molecular weight is 313 g/mol. The Morgan fingerprint density at radius 1 is 1.30 bits per heavy atom. The number of hydrogen-bond donors (Lipinski definition) is 1. The van der Waals surface area contributed by atoms with E-state index >= 15 is 0 Å². The summed E-state index contributed by atoms with van der Waals surface area (Å²) in [6, 6.07) is 9.45. The molecule has 1 aliphatic heterocycles. The van der Waals surface area contributed by atoms with Gasteiger partial charge < -0.3 is 10.2 Å². The molecule has 0 aromatic carbocycles. The van der Waals surface area contributed by atoms with Gasteiger partial charge in [-0.1, -0.05) is 6.07 Å². The van der Waals surface area contributed by atoms with E-state index in [1.165, 1.54) is 12.3 Å². The van der Waals surface area contributed by atoms with Gasteiger partial charge in [0, 0.05) is 50.1 Å². The van der Waals surface area contributed by atoms with Crippen molar-refractivity contribution in [3.05, 3.63) is 58.5 Å². The molecular weight excluding hydrogens is 294 g/mol. The number of likely N-dealkylation sites (tertiary alicyclic amines) is 1. The quantitative estimate of drug-likeness (QED) is 0.649. The molecule has 0 bridgehead atoms. The Morgan fingerprint density at radius 3 is 2.91 bits per heavy atom. The van der Waals surface area contributed by atoms with Crippen LogP contribution in [0.3, 0.4) is 0 Å². The van der Waals surface area contributed by atoms with Gasteiger partial charge in [-0.3, -0.25) is 15.1 Å². The topological polar surface area (TPSA) is 84.2 Å². The van der Waals surface area contributed by atoms with Crippen molar-refractivity contribution in [2.75, 3.05) is 25.0 Å². The Hall–Kier alpha value is -2.54. The molecule has 0 radical (unpaired) electrons. The molecule has 1 fully saturated rings. The van der Waals surface area contributed by atoms with Crippen molar-refractivity contribution < 1.29 is 4.92 Å². The van der Waals surface area contributed by atoms with Gasteiger partial charge in [0.25, 0.3) is 5.69 Å². The van der Waals surface area contributed by atoms with Gasteiger partial charge in [0.2, 0.25) is 0 Å². The van der Waals surface area contributed by atoms with Crippen molar-refractivity contribution in [1.82, 2.24) is 14.9 Å². The van der Waals surface area contributed by atoms with Crippen LogP contribution in [0.25, 0.3) is 0 Å². The van der Waals surface area contributed by atoms with Crippen LogP contribution in [-0.4, -0.2) is 45.5 Å². The second-order valence-electron chi connectivity index (χ2n) is 5.66. The van der Waals surface area contributed by atoms with Gasteiger partial charge in [-0.15, -0.1) is 0 Å². The molecule has 7 heteroatoms. The highest BCUT2D eigenvalue weighted by Gasteiger charge is 2.22. The molecule has 1 aliphatic rings. The number of pyridine rings is 2. The number of nitrogens with one attached hydrogen (secondary N) is 1. The van der Waals surface area contributed by atoms with Gasteiger partial charge in [-0.25, -0.2) is 4.98 Å². The zero-order chi connectivity index (χ0) is 16.1. The molecule has 1 saturated heterocycles. The second-order valence-corrected chi connectivity index (χ2v) is 5.66. The van der Waals surface area contributed by atoms with Crippen LogP contribution >= 0.6 is 0 Å². The maximum atomic E-state index is 10.6. The van der Waals surface area contributed by atoms with Crippen molar-refractivity contribution >= 4 is 11.5 Å². The summed E-state index contributed by atoms with van der Waals surface area (Å²) < 4.78 is 0. The van der Waals surface area contributed by atoms with E-state index < -0.39 is 4.92 Å². The van der Waals surface area contributed by atoms with Crippen molar-refractivity contribution in [3.8, 4) is 0 Å². The Morgan fingerprint density at radius 2 is 2.22 bits per heavy atom. The first-order valence-electron chi connectivity index (χ1n) is 7.70. The van der Waals surface area contributed by atoms with Crippen LogP contribution in [-0.2, 0) is 6.42 Å². The monoisotopic (exact) mass is 313 g/mol. The minimum absolute atomic E-state index is 0.0129. The van der Waals surface area contributed by atoms with Crippen LogP contribution in [0.2, 0.25) is 0 Å². The first kappa shape index (κ1) is 15.4. The summed E-state index contributed by atoms with van der Waals surface area (Å²) in [7, 11) is 0. The predicted molar refractivity (Wildman–Crippen MR) is 87.3 cm³/mol. The zero-order valence-electron chi connectivity index (χ0n) is 12.8. The van der Waals surface area contributed by atoms with E-state index in [0.29, 0.717) is 11.9 Å². The van der Waals surface area contributed by atoms with E-state index in [1.807, 2.05) is 24.4 Å². The van der Waals surface area contributed by atoms with Gasteiger partial charge in [-0.2, -0.15) is 0 Å². The highest BCUT2D eigenvalue weighted by atomic mass is 16.6. The standard InChI is InChI=1S/C16H19N5O2/c22-21(23)15-4-5-16(18-11-15)19-14-7-10-20(12-14)9-6-13-3-1-2-8-17-13/h1-5,8,11,14H,6-7,9-10,12H2,(H,18,19). The van der Waals surface area contributed by atoms with Crippen LogP contribution < -0.4 is 5.32 Å². The van der Waals surface area contributed by atoms with Crippen LogP contribution in [0.1, 0.15) is 12.1 Å². The Bertz CT molecular complexity index is 647. The molecule has 2 aromatic rings. The second kappa shape index (κ2) is 7.15. The lowest BCUT2D eigenvalue weighted by molar-refractivity contribution is -0.385. The first-order valence-corrected chi connectivity index (χ1v) is 7.70. The maximum Gasteiger partial charge on any atom is 0.287 e. The highest BCUT2D eigenvalue weighted by molar-refractivity contribution is 5.41. The summed E-state index contributed by atoms with van der Waals surface area (Å²) >= 11 is 0. The molecule has 0 aliphatic carbocycles. The molecule has 0 spiro atoms. The fourth-order valence-electron chi connectivity index (χ4n) is 2.76. The predicted octanol–water partition coefficient (Wildman–Crippen LogP) is 2.11. The van der Waals surface area contributed by atoms with Gasteiger partial charge in [0.15, 0.2) is 0 Å². The molecule has 23 heavy (non-hydrogen) atoms. The van der Waals surface area contributed by atoms with E-state index in [1.54, 1.807) is 6.07 Å². The molecule has 1 atom stereocenters. The van der Waals surface area contributed by atoms with Crippen LogP contribution in [0, 0.1) is 10.1 Å². The van der Waals surface area contributed by atoms with Crippen LogP contribution in [0.5, 0.6) is 0 Å². The SMILES string of the molecule is O=[N+]([O-])c1ccc(NC2CCN(CCc3ccccn3)C2)nc1. The largest absolute Gasteiger partial charge is 0.366 e. The van der Waals surface area contributed by atoms with E-state index in [4.69, 9.17) is 0 Å². The lowest BCUT2D eigenvalue weighted by atomic mass is 10.2. The molecule has 0 amide bonds. The van der Waals surface area contributed by atoms with E-state index in [-0.39, 0.29) is 5.69 Å². The lowest BCUT2D eigenvalue weighted by Crippen LogP contribution is -2.28. The van der Waals surface area contributed by atoms with Gasteiger partial charge in [0.1, 0.15) is 12.0 Å². The first-order chi connectivity index (χ1) is 11.2. The summed E-state index contributed by atoms with van der Waals surface area (Å²) in [5.74, 6) is 0.687. The number of anilines is 1. The van der Waals surface area contributed by atoms with Crippen molar-refractivity contribution in [2.24, 2.45) is 0 Å². The minimum Gasteiger partial charge on any atom is -0.366 e. The fraction of sp³-hybridized carbons (Fsp3) is 0.375. The van der Waals surface area contributed by atoms with Crippen molar-refractivity contribution in [1.29, 1.82) is 0 Å². The minimum atomic E-state index is -0.439. The van der Waals surface area contributed by atoms with E-state index in [2.05, 4.69) is 20.2 Å². The lowest BCUT2D eigenvalue weighted by Gasteiger charge is -2.16. The van der Waals surface area contributed by atoms with Gasteiger partial charge >= 0.3 is 0 Å². The van der Waals surface area contributed by atoms with Crippen molar-refractivity contribution in [2.45, 2.75) is 18.9 Å². The normalized spacial score (nSPS) is 18.0. The Balaban J connectivity index is 1.47. The Labute approximate surface area is 134 Å². The molecular formula is C16H19N5O2. The van der Waals surface area contributed by atoms with Gasteiger partial charge in [0.05, 0.1) is 4.92 Å². The molecule has 3 heterocycles. The third kappa shape index (κ3) is 4.23. The summed E-state index contributed by atoms with van der Waals surface area (Å²) in [4.78, 5) is 21.0. The molecule has 1 unspecified atom stereocenters. The Kier molecular flexibility index (Phi) is 4.77. The van der Waals surface area contributed by atoms with Crippen molar-refractivity contribution in [3.63, 3.8) is 0 Å². The number of hydrogen-bond acceptors (Lipinski definition) is 6. The molecule has 120 valence electrons. The number of aromatic nitrogens is 2.